The number of nitrogens with one attached hydrogen (secondary N) is 1. The summed E-state index contributed by atoms with van der Waals surface area (Å²) in [6, 6.07) is 7.69. The number of hydrogen-bond acceptors (Lipinski definition) is 6. The number of pyridine rings is 1. The summed E-state index contributed by atoms with van der Waals surface area (Å²) in [5, 5.41) is 4.29. The molecule has 28 heavy (non-hydrogen) atoms. The SMILES string of the molecule is COc1cc(NCCC(=O)N2CCN(C(=O)CCN)CC2)c2ncccc2c1. The fourth-order valence-electron chi connectivity index (χ4n) is 3.37. The number of methoxy groups -OCH3 is 1. The quantitative estimate of drug-likeness (QED) is 0.739. The number of carbonyl (C=O) groups is 2. The Hall–Kier alpha value is -2.87. The standard InChI is InChI=1S/C20H27N5O3/c1-28-16-13-15-3-2-7-23-20(15)17(14-16)22-8-5-19(27)25-11-9-24(10-12-25)18(26)4-6-21/h2-3,7,13-14,22H,4-6,8-12,21H2,1H3. The van der Waals surface area contributed by atoms with Crippen LogP contribution in [-0.4, -0.2) is 73.0 Å². The van der Waals surface area contributed by atoms with Crippen LogP contribution in [0.1, 0.15) is 12.8 Å². The van der Waals surface area contributed by atoms with Crippen LogP contribution < -0.4 is 15.8 Å². The fraction of sp³-hybridized carbons (Fsp3) is 0.450. The summed E-state index contributed by atoms with van der Waals surface area (Å²) in [5.74, 6) is 0.889. The molecule has 2 amide bonds. The van der Waals surface area contributed by atoms with E-state index in [1.165, 1.54) is 0 Å². The van der Waals surface area contributed by atoms with E-state index < -0.39 is 0 Å². The van der Waals surface area contributed by atoms with E-state index in [0.717, 1.165) is 22.3 Å². The number of carbonyl (C=O) groups excluding carboxylic acids is 2. The Labute approximate surface area is 164 Å². The first-order valence-electron chi connectivity index (χ1n) is 9.54. The van der Waals surface area contributed by atoms with E-state index in [1.807, 2.05) is 29.2 Å². The number of fused-ring (bicyclic) bond motifs is 1. The summed E-state index contributed by atoms with van der Waals surface area (Å²) >= 11 is 0. The highest BCUT2D eigenvalue weighted by Crippen LogP contribution is 2.27. The van der Waals surface area contributed by atoms with Gasteiger partial charge in [0.15, 0.2) is 0 Å². The smallest absolute Gasteiger partial charge is 0.224 e. The van der Waals surface area contributed by atoms with Crippen LogP contribution in [0.15, 0.2) is 30.5 Å². The van der Waals surface area contributed by atoms with E-state index in [-0.39, 0.29) is 11.8 Å². The summed E-state index contributed by atoms with van der Waals surface area (Å²) in [5.41, 5.74) is 7.13. The lowest BCUT2D eigenvalue weighted by atomic mass is 10.1. The van der Waals surface area contributed by atoms with Crippen molar-refractivity contribution < 1.29 is 14.3 Å². The molecule has 0 bridgehead atoms. The summed E-state index contributed by atoms with van der Waals surface area (Å²) < 4.78 is 5.35. The fourth-order valence-corrected chi connectivity index (χ4v) is 3.37. The van der Waals surface area contributed by atoms with Gasteiger partial charge in [0.25, 0.3) is 0 Å². The molecule has 8 heteroatoms. The number of rotatable bonds is 7. The predicted octanol–water partition coefficient (Wildman–Crippen LogP) is 1.07. The first-order valence-corrected chi connectivity index (χ1v) is 9.54. The van der Waals surface area contributed by atoms with Crippen molar-refractivity contribution in [1.29, 1.82) is 0 Å². The van der Waals surface area contributed by atoms with Gasteiger partial charge >= 0.3 is 0 Å². The molecule has 0 saturated carbocycles. The molecule has 2 aromatic rings. The van der Waals surface area contributed by atoms with E-state index in [9.17, 15) is 9.59 Å². The average molecular weight is 385 g/mol. The van der Waals surface area contributed by atoms with Gasteiger partial charge in [-0.2, -0.15) is 0 Å². The highest BCUT2D eigenvalue weighted by Gasteiger charge is 2.23. The molecule has 1 aliphatic heterocycles. The third-order valence-corrected chi connectivity index (χ3v) is 4.91. The van der Waals surface area contributed by atoms with Crippen molar-refractivity contribution in [3.8, 4) is 5.75 Å². The largest absolute Gasteiger partial charge is 0.497 e. The maximum absolute atomic E-state index is 12.5. The number of anilines is 1. The van der Waals surface area contributed by atoms with Crippen molar-refractivity contribution in [2.24, 2.45) is 5.73 Å². The van der Waals surface area contributed by atoms with E-state index in [4.69, 9.17) is 10.5 Å². The van der Waals surface area contributed by atoms with Gasteiger partial charge < -0.3 is 25.6 Å². The minimum Gasteiger partial charge on any atom is -0.497 e. The molecule has 1 aromatic carbocycles. The van der Waals surface area contributed by atoms with Crippen molar-refractivity contribution in [1.82, 2.24) is 14.8 Å². The lowest BCUT2D eigenvalue weighted by molar-refractivity contribution is -0.139. The number of hydrogen-bond donors (Lipinski definition) is 2. The second-order valence-corrected chi connectivity index (χ2v) is 6.73. The molecule has 3 N–H and O–H groups in total. The Kier molecular flexibility index (Phi) is 6.65. The number of nitrogens with two attached hydrogens (primary N) is 1. The Balaban J connectivity index is 1.52. The molecule has 2 heterocycles. The molecular formula is C20H27N5O3. The van der Waals surface area contributed by atoms with Gasteiger partial charge in [-0.25, -0.2) is 0 Å². The van der Waals surface area contributed by atoms with E-state index in [1.54, 1.807) is 18.2 Å². The highest BCUT2D eigenvalue weighted by atomic mass is 16.5. The molecule has 0 atom stereocenters. The molecule has 1 aromatic heterocycles. The van der Waals surface area contributed by atoms with E-state index in [0.29, 0.717) is 52.1 Å². The first-order chi connectivity index (χ1) is 13.6. The predicted molar refractivity (Wildman–Crippen MR) is 108 cm³/mol. The lowest BCUT2D eigenvalue weighted by Gasteiger charge is -2.35. The monoisotopic (exact) mass is 385 g/mol. The molecule has 0 spiro atoms. The third-order valence-electron chi connectivity index (χ3n) is 4.91. The molecular weight excluding hydrogens is 358 g/mol. The Morgan fingerprint density at radius 1 is 1.14 bits per heavy atom. The number of piperazine rings is 1. The van der Waals surface area contributed by atoms with Crippen molar-refractivity contribution in [2.75, 3.05) is 51.7 Å². The summed E-state index contributed by atoms with van der Waals surface area (Å²) in [4.78, 5) is 32.4. The number of amides is 2. The van der Waals surface area contributed by atoms with Gasteiger partial charge in [-0.05, 0) is 12.1 Å². The van der Waals surface area contributed by atoms with Crippen LogP contribution >= 0.6 is 0 Å². The average Bonchev–Trinajstić information content (AvgIpc) is 2.73. The zero-order chi connectivity index (χ0) is 19.9. The first kappa shape index (κ1) is 19.9. The Morgan fingerprint density at radius 2 is 1.82 bits per heavy atom. The van der Waals surface area contributed by atoms with Crippen LogP contribution in [0.5, 0.6) is 5.75 Å². The van der Waals surface area contributed by atoms with Crippen LogP contribution in [0, 0.1) is 0 Å². The van der Waals surface area contributed by atoms with Crippen molar-refractivity contribution in [2.45, 2.75) is 12.8 Å². The van der Waals surface area contributed by atoms with Crippen LogP contribution in [0.3, 0.4) is 0 Å². The summed E-state index contributed by atoms with van der Waals surface area (Å²) in [6.07, 6.45) is 2.49. The van der Waals surface area contributed by atoms with Gasteiger partial charge in [-0.1, -0.05) is 6.07 Å². The Bertz CT molecular complexity index is 834. The normalized spacial score (nSPS) is 14.2. The van der Waals surface area contributed by atoms with Gasteiger partial charge in [0.2, 0.25) is 11.8 Å². The Morgan fingerprint density at radius 3 is 2.46 bits per heavy atom. The number of nitrogens with zero attached hydrogens (tertiary/aromatic N) is 3. The minimum atomic E-state index is 0.0636. The lowest BCUT2D eigenvalue weighted by Crippen LogP contribution is -2.51. The number of aromatic nitrogens is 1. The van der Waals surface area contributed by atoms with Crippen LogP contribution in [0.2, 0.25) is 0 Å². The van der Waals surface area contributed by atoms with Crippen molar-refractivity contribution in [3.63, 3.8) is 0 Å². The molecule has 1 fully saturated rings. The molecule has 8 nitrogen and oxygen atoms in total. The van der Waals surface area contributed by atoms with E-state index >= 15 is 0 Å². The van der Waals surface area contributed by atoms with Gasteiger partial charge in [-0.15, -0.1) is 0 Å². The summed E-state index contributed by atoms with van der Waals surface area (Å²) in [7, 11) is 1.63. The zero-order valence-corrected chi connectivity index (χ0v) is 16.2. The minimum absolute atomic E-state index is 0.0636. The van der Waals surface area contributed by atoms with E-state index in [2.05, 4.69) is 10.3 Å². The second-order valence-electron chi connectivity index (χ2n) is 6.73. The van der Waals surface area contributed by atoms with Crippen molar-refractivity contribution >= 4 is 28.4 Å². The van der Waals surface area contributed by atoms with Gasteiger partial charge in [0.1, 0.15) is 5.75 Å². The molecule has 0 aliphatic carbocycles. The molecule has 0 unspecified atom stereocenters. The third kappa shape index (κ3) is 4.69. The van der Waals surface area contributed by atoms with Crippen molar-refractivity contribution in [3.05, 3.63) is 30.5 Å². The number of ether oxygens (including phenoxy) is 1. The van der Waals surface area contributed by atoms with Crippen LogP contribution in [0.4, 0.5) is 5.69 Å². The van der Waals surface area contributed by atoms with Crippen LogP contribution in [0.25, 0.3) is 10.9 Å². The van der Waals surface area contributed by atoms with Gasteiger partial charge in [0.05, 0.1) is 18.3 Å². The van der Waals surface area contributed by atoms with Crippen LogP contribution in [-0.2, 0) is 9.59 Å². The molecule has 1 saturated heterocycles. The molecule has 150 valence electrons. The maximum Gasteiger partial charge on any atom is 0.224 e. The van der Waals surface area contributed by atoms with Gasteiger partial charge in [-0.3, -0.25) is 14.6 Å². The molecule has 3 rings (SSSR count). The topological polar surface area (TPSA) is 101 Å². The molecule has 1 aliphatic rings. The molecule has 0 radical (unpaired) electrons. The maximum atomic E-state index is 12.5. The second kappa shape index (κ2) is 9.36. The summed E-state index contributed by atoms with van der Waals surface area (Å²) in [6.45, 7) is 3.14. The van der Waals surface area contributed by atoms with Gasteiger partial charge in [0, 0.05) is 69.8 Å². The number of benzene rings is 1. The highest BCUT2D eigenvalue weighted by molar-refractivity contribution is 5.92. The zero-order valence-electron chi connectivity index (χ0n) is 16.2.